The lowest BCUT2D eigenvalue weighted by molar-refractivity contribution is 0.0101. The van der Waals surface area contributed by atoms with Gasteiger partial charge in [0.1, 0.15) is 17.3 Å². The Hall–Kier alpha value is -2.24. The topological polar surface area (TPSA) is 118 Å². The summed E-state index contributed by atoms with van der Waals surface area (Å²) in [6.07, 6.45) is -1.05. The van der Waals surface area contributed by atoms with E-state index in [1.165, 1.54) is 12.0 Å². The zero-order valence-electron chi connectivity index (χ0n) is 12.7. The molecule has 0 radical (unpaired) electrons. The Kier molecular flexibility index (Phi) is 5.13. The molecule has 1 saturated heterocycles. The first kappa shape index (κ1) is 17.1. The highest BCUT2D eigenvalue weighted by atomic mass is 35.5. The standard InChI is InChI=1S/C14H17ClN4O4/c1-7-11(15)8(5-16)12(17-7)13(20)18-9-3-4-19(14(21)22)6-10(9)23-2/h9-10,17H,3-4,6H2,1-2H3,(H,18,20)(H,21,22). The van der Waals surface area contributed by atoms with Gasteiger partial charge in [0, 0.05) is 19.3 Å². The van der Waals surface area contributed by atoms with Gasteiger partial charge < -0.3 is 25.0 Å². The first-order chi connectivity index (χ1) is 10.9. The Balaban J connectivity index is 2.13. The molecule has 0 spiro atoms. The van der Waals surface area contributed by atoms with Gasteiger partial charge in [-0.25, -0.2) is 4.79 Å². The number of H-pyrrole nitrogens is 1. The lowest BCUT2D eigenvalue weighted by atomic mass is 10.0. The fourth-order valence-corrected chi connectivity index (χ4v) is 2.80. The minimum absolute atomic E-state index is 0.0959. The molecule has 2 amide bonds. The number of amides is 2. The molecule has 8 nitrogen and oxygen atoms in total. The van der Waals surface area contributed by atoms with Crippen molar-refractivity contribution in [2.45, 2.75) is 25.5 Å². The van der Waals surface area contributed by atoms with E-state index in [0.29, 0.717) is 18.7 Å². The number of aromatic nitrogens is 1. The molecule has 124 valence electrons. The Labute approximate surface area is 138 Å². The first-order valence-electron chi connectivity index (χ1n) is 6.98. The highest BCUT2D eigenvalue weighted by Gasteiger charge is 2.33. The van der Waals surface area contributed by atoms with Crippen LogP contribution in [0, 0.1) is 18.3 Å². The second-order valence-electron chi connectivity index (χ2n) is 5.30. The summed E-state index contributed by atoms with van der Waals surface area (Å²) in [4.78, 5) is 27.5. The maximum atomic E-state index is 12.4. The number of rotatable bonds is 3. The predicted molar refractivity (Wildman–Crippen MR) is 81.5 cm³/mol. The minimum Gasteiger partial charge on any atom is -0.465 e. The summed E-state index contributed by atoms with van der Waals surface area (Å²) in [6, 6.07) is 1.56. The molecule has 2 atom stereocenters. The van der Waals surface area contributed by atoms with Crippen molar-refractivity contribution in [3.8, 4) is 6.07 Å². The van der Waals surface area contributed by atoms with Crippen LogP contribution in [0.2, 0.25) is 5.02 Å². The zero-order chi connectivity index (χ0) is 17.1. The number of nitriles is 1. The van der Waals surface area contributed by atoms with E-state index in [2.05, 4.69) is 10.3 Å². The minimum atomic E-state index is -1.02. The molecular formula is C14H17ClN4O4. The van der Waals surface area contributed by atoms with E-state index in [-0.39, 0.29) is 28.9 Å². The molecule has 0 aromatic carbocycles. The van der Waals surface area contributed by atoms with Gasteiger partial charge in [-0.15, -0.1) is 0 Å². The van der Waals surface area contributed by atoms with Crippen LogP contribution < -0.4 is 5.32 Å². The van der Waals surface area contributed by atoms with Gasteiger partial charge in [-0.3, -0.25) is 4.79 Å². The fraction of sp³-hybridized carbons (Fsp3) is 0.500. The highest BCUT2D eigenvalue weighted by molar-refractivity contribution is 6.33. The number of nitrogens with zero attached hydrogens (tertiary/aromatic N) is 2. The molecule has 1 fully saturated rings. The number of hydrogen-bond acceptors (Lipinski definition) is 4. The number of nitrogens with one attached hydrogen (secondary N) is 2. The van der Waals surface area contributed by atoms with E-state index in [4.69, 9.17) is 26.7 Å². The molecule has 9 heteroatoms. The molecule has 3 N–H and O–H groups in total. The number of ether oxygens (including phenoxy) is 1. The van der Waals surface area contributed by atoms with Crippen molar-refractivity contribution in [3.05, 3.63) is 22.0 Å². The first-order valence-corrected chi connectivity index (χ1v) is 7.36. The quantitative estimate of drug-likeness (QED) is 0.767. The van der Waals surface area contributed by atoms with Crippen LogP contribution in [-0.4, -0.2) is 59.3 Å². The third kappa shape index (κ3) is 3.41. The molecule has 1 aliphatic rings. The number of hydrogen-bond donors (Lipinski definition) is 3. The second-order valence-corrected chi connectivity index (χ2v) is 5.68. The van der Waals surface area contributed by atoms with Crippen LogP contribution in [-0.2, 0) is 4.74 Å². The van der Waals surface area contributed by atoms with Gasteiger partial charge in [0.05, 0.1) is 23.7 Å². The van der Waals surface area contributed by atoms with Crippen molar-refractivity contribution in [2.24, 2.45) is 0 Å². The monoisotopic (exact) mass is 340 g/mol. The molecular weight excluding hydrogens is 324 g/mol. The summed E-state index contributed by atoms with van der Waals surface area (Å²) in [6.45, 7) is 2.14. The Morgan fingerprint density at radius 1 is 1.57 bits per heavy atom. The average Bonchev–Trinajstić information content (AvgIpc) is 2.82. The smallest absolute Gasteiger partial charge is 0.407 e. The number of likely N-dealkylation sites (tertiary alicyclic amines) is 1. The van der Waals surface area contributed by atoms with Crippen molar-refractivity contribution in [1.82, 2.24) is 15.2 Å². The van der Waals surface area contributed by atoms with Crippen LogP contribution in [0.15, 0.2) is 0 Å². The molecule has 0 bridgehead atoms. The molecule has 0 aliphatic carbocycles. The van der Waals surface area contributed by atoms with Crippen LogP contribution in [0.5, 0.6) is 0 Å². The van der Waals surface area contributed by atoms with Gasteiger partial charge >= 0.3 is 6.09 Å². The summed E-state index contributed by atoms with van der Waals surface area (Å²) < 4.78 is 5.29. The Morgan fingerprint density at radius 2 is 2.26 bits per heavy atom. The van der Waals surface area contributed by atoms with Gasteiger partial charge in [0.15, 0.2) is 0 Å². The van der Waals surface area contributed by atoms with Gasteiger partial charge in [-0.05, 0) is 13.3 Å². The van der Waals surface area contributed by atoms with Gasteiger partial charge in [-0.2, -0.15) is 5.26 Å². The molecule has 2 heterocycles. The summed E-state index contributed by atoms with van der Waals surface area (Å²) in [5, 5.41) is 21.2. The van der Waals surface area contributed by atoms with Crippen LogP contribution in [0.1, 0.15) is 28.2 Å². The van der Waals surface area contributed by atoms with Crippen molar-refractivity contribution in [1.29, 1.82) is 5.26 Å². The van der Waals surface area contributed by atoms with E-state index in [9.17, 15) is 9.59 Å². The van der Waals surface area contributed by atoms with Crippen LogP contribution in [0.4, 0.5) is 4.79 Å². The predicted octanol–water partition coefficient (Wildman–Crippen LogP) is 1.35. The molecule has 2 rings (SSSR count). The number of carbonyl (C=O) groups excluding carboxylic acids is 1. The number of halogens is 1. The SMILES string of the molecule is COC1CN(C(=O)O)CCC1NC(=O)c1[nH]c(C)c(Cl)c1C#N. The third-order valence-electron chi connectivity index (χ3n) is 3.90. The Bertz CT molecular complexity index is 666. The summed E-state index contributed by atoms with van der Waals surface area (Å²) in [5.74, 6) is -0.465. The maximum absolute atomic E-state index is 12.4. The van der Waals surface area contributed by atoms with E-state index in [1.54, 1.807) is 6.92 Å². The lowest BCUT2D eigenvalue weighted by Crippen LogP contribution is -2.55. The van der Waals surface area contributed by atoms with Crippen LogP contribution >= 0.6 is 11.6 Å². The molecule has 2 unspecified atom stereocenters. The van der Waals surface area contributed by atoms with E-state index >= 15 is 0 Å². The average molecular weight is 341 g/mol. The summed E-state index contributed by atoms with van der Waals surface area (Å²) in [5.41, 5.74) is 0.737. The molecule has 1 aromatic rings. The van der Waals surface area contributed by atoms with E-state index in [1.807, 2.05) is 6.07 Å². The van der Waals surface area contributed by atoms with E-state index < -0.39 is 18.1 Å². The van der Waals surface area contributed by atoms with Crippen molar-refractivity contribution in [3.63, 3.8) is 0 Å². The zero-order valence-corrected chi connectivity index (χ0v) is 13.5. The van der Waals surface area contributed by atoms with Crippen LogP contribution in [0.3, 0.4) is 0 Å². The van der Waals surface area contributed by atoms with Crippen LogP contribution in [0.25, 0.3) is 0 Å². The molecule has 0 saturated carbocycles. The number of carboxylic acid groups (broad SMARTS) is 1. The molecule has 1 aromatic heterocycles. The van der Waals surface area contributed by atoms with E-state index in [0.717, 1.165) is 0 Å². The third-order valence-corrected chi connectivity index (χ3v) is 4.37. The lowest BCUT2D eigenvalue weighted by Gasteiger charge is -2.36. The van der Waals surface area contributed by atoms with Crippen molar-refractivity contribution in [2.75, 3.05) is 20.2 Å². The number of aryl methyl sites for hydroxylation is 1. The summed E-state index contributed by atoms with van der Waals surface area (Å²) >= 11 is 5.98. The normalized spacial score (nSPS) is 20.9. The number of piperidine rings is 1. The second kappa shape index (κ2) is 6.89. The van der Waals surface area contributed by atoms with Gasteiger partial charge in [0.2, 0.25) is 0 Å². The maximum Gasteiger partial charge on any atom is 0.407 e. The van der Waals surface area contributed by atoms with Gasteiger partial charge in [0.25, 0.3) is 5.91 Å². The largest absolute Gasteiger partial charge is 0.465 e. The summed E-state index contributed by atoms with van der Waals surface area (Å²) in [7, 11) is 1.46. The fourth-order valence-electron chi connectivity index (χ4n) is 2.61. The number of carbonyl (C=O) groups is 2. The van der Waals surface area contributed by atoms with Crippen molar-refractivity contribution < 1.29 is 19.4 Å². The number of aromatic amines is 1. The molecule has 1 aliphatic heterocycles. The number of methoxy groups -OCH3 is 1. The molecule has 23 heavy (non-hydrogen) atoms. The van der Waals surface area contributed by atoms with Gasteiger partial charge in [-0.1, -0.05) is 11.6 Å². The van der Waals surface area contributed by atoms with Crippen molar-refractivity contribution >= 4 is 23.6 Å². The highest BCUT2D eigenvalue weighted by Crippen LogP contribution is 2.24. The Morgan fingerprint density at radius 3 is 2.83 bits per heavy atom.